The van der Waals surface area contributed by atoms with Gasteiger partial charge >= 0.3 is 5.97 Å². The minimum Gasteiger partial charge on any atom is -0.461 e. The minimum atomic E-state index is -0.342. The summed E-state index contributed by atoms with van der Waals surface area (Å²) in [6.45, 7) is 7.19. The SMILES string of the molecule is CCOC(=O)c1nc(NC(C)CCN(C)C)sc1C. The van der Waals surface area contributed by atoms with Gasteiger partial charge in [-0.2, -0.15) is 0 Å². The zero-order chi connectivity index (χ0) is 14.4. The maximum absolute atomic E-state index is 11.7. The highest BCUT2D eigenvalue weighted by molar-refractivity contribution is 7.15. The highest BCUT2D eigenvalue weighted by atomic mass is 32.1. The molecular formula is C13H23N3O2S. The molecule has 6 heteroatoms. The molecular weight excluding hydrogens is 262 g/mol. The zero-order valence-corrected chi connectivity index (χ0v) is 13.1. The number of aromatic nitrogens is 1. The van der Waals surface area contributed by atoms with Crippen molar-refractivity contribution < 1.29 is 9.53 Å². The van der Waals surface area contributed by atoms with Crippen LogP contribution in [-0.2, 0) is 4.74 Å². The summed E-state index contributed by atoms with van der Waals surface area (Å²) in [5, 5.41) is 4.11. The van der Waals surface area contributed by atoms with E-state index in [9.17, 15) is 4.79 Å². The minimum absolute atomic E-state index is 0.322. The Morgan fingerprint density at radius 3 is 2.79 bits per heavy atom. The summed E-state index contributed by atoms with van der Waals surface area (Å²) in [5.74, 6) is -0.342. The second-order valence-electron chi connectivity index (χ2n) is 4.78. The molecule has 0 aliphatic carbocycles. The van der Waals surface area contributed by atoms with E-state index in [-0.39, 0.29) is 5.97 Å². The van der Waals surface area contributed by atoms with Gasteiger partial charge < -0.3 is 15.0 Å². The van der Waals surface area contributed by atoms with Gasteiger partial charge in [-0.25, -0.2) is 9.78 Å². The molecule has 0 saturated carbocycles. The van der Waals surface area contributed by atoms with Crippen molar-refractivity contribution in [2.24, 2.45) is 0 Å². The summed E-state index contributed by atoms with van der Waals surface area (Å²) in [5.41, 5.74) is 0.425. The number of rotatable bonds is 7. The number of hydrogen-bond acceptors (Lipinski definition) is 6. The molecule has 5 nitrogen and oxygen atoms in total. The van der Waals surface area contributed by atoms with Gasteiger partial charge in [-0.3, -0.25) is 0 Å². The van der Waals surface area contributed by atoms with E-state index in [4.69, 9.17) is 4.74 Å². The van der Waals surface area contributed by atoms with Crippen LogP contribution in [0.2, 0.25) is 0 Å². The lowest BCUT2D eigenvalue weighted by Crippen LogP contribution is -2.23. The fourth-order valence-corrected chi connectivity index (χ4v) is 2.49. The van der Waals surface area contributed by atoms with Crippen LogP contribution in [0.1, 0.15) is 35.6 Å². The van der Waals surface area contributed by atoms with Crippen molar-refractivity contribution >= 4 is 22.4 Å². The quantitative estimate of drug-likeness (QED) is 0.780. The maximum atomic E-state index is 11.7. The summed E-state index contributed by atoms with van der Waals surface area (Å²) in [7, 11) is 4.11. The van der Waals surface area contributed by atoms with E-state index in [1.54, 1.807) is 6.92 Å². The fraction of sp³-hybridized carbons (Fsp3) is 0.692. The molecule has 0 radical (unpaired) electrons. The summed E-state index contributed by atoms with van der Waals surface area (Å²) in [4.78, 5) is 19.0. The Hall–Kier alpha value is -1.14. The van der Waals surface area contributed by atoms with E-state index in [0.717, 1.165) is 23.0 Å². The monoisotopic (exact) mass is 285 g/mol. The van der Waals surface area contributed by atoms with Gasteiger partial charge in [0, 0.05) is 10.9 Å². The first-order valence-corrected chi connectivity index (χ1v) is 7.31. The van der Waals surface area contributed by atoms with Gasteiger partial charge in [-0.05, 0) is 47.8 Å². The van der Waals surface area contributed by atoms with E-state index in [1.807, 2.05) is 6.92 Å². The van der Waals surface area contributed by atoms with E-state index in [1.165, 1.54) is 11.3 Å². The molecule has 1 unspecified atom stereocenters. The molecule has 0 aliphatic heterocycles. The average Bonchev–Trinajstić information content (AvgIpc) is 2.68. The van der Waals surface area contributed by atoms with Gasteiger partial charge in [0.05, 0.1) is 6.61 Å². The third-order valence-electron chi connectivity index (χ3n) is 2.64. The van der Waals surface area contributed by atoms with Crippen LogP contribution in [0.15, 0.2) is 0 Å². The van der Waals surface area contributed by atoms with Crippen molar-refractivity contribution in [3.63, 3.8) is 0 Å². The Labute approximate surface area is 119 Å². The molecule has 0 aromatic carbocycles. The lowest BCUT2D eigenvalue weighted by atomic mass is 10.2. The standard InChI is InChI=1S/C13H23N3O2S/c1-6-18-12(17)11-10(3)19-13(15-11)14-9(2)7-8-16(4)5/h9H,6-8H2,1-5H3,(H,14,15). The molecule has 1 rings (SSSR count). The molecule has 108 valence electrons. The first-order valence-electron chi connectivity index (χ1n) is 6.49. The predicted molar refractivity (Wildman–Crippen MR) is 79.1 cm³/mol. The lowest BCUT2D eigenvalue weighted by molar-refractivity contribution is 0.0519. The van der Waals surface area contributed by atoms with Gasteiger partial charge in [-0.15, -0.1) is 11.3 Å². The van der Waals surface area contributed by atoms with Crippen molar-refractivity contribution in [3.8, 4) is 0 Å². The number of aryl methyl sites for hydroxylation is 1. The Morgan fingerprint density at radius 1 is 1.53 bits per heavy atom. The van der Waals surface area contributed by atoms with E-state index in [2.05, 4.69) is 36.2 Å². The summed E-state index contributed by atoms with van der Waals surface area (Å²) in [6.07, 6.45) is 1.03. The number of nitrogens with zero attached hydrogens (tertiary/aromatic N) is 2. The number of hydrogen-bond donors (Lipinski definition) is 1. The van der Waals surface area contributed by atoms with E-state index >= 15 is 0 Å². The third kappa shape index (κ3) is 5.16. The number of esters is 1. The third-order valence-corrected chi connectivity index (χ3v) is 3.55. The normalized spacial score (nSPS) is 12.5. The van der Waals surface area contributed by atoms with E-state index in [0.29, 0.717) is 18.3 Å². The molecule has 0 fully saturated rings. The maximum Gasteiger partial charge on any atom is 0.358 e. The van der Waals surface area contributed by atoms with Crippen molar-refractivity contribution in [2.75, 3.05) is 32.6 Å². The lowest BCUT2D eigenvalue weighted by Gasteiger charge is -2.15. The van der Waals surface area contributed by atoms with Crippen LogP contribution in [-0.4, -0.2) is 49.1 Å². The Kier molecular flexibility index (Phi) is 6.24. The number of ether oxygens (including phenoxy) is 1. The van der Waals surface area contributed by atoms with E-state index < -0.39 is 0 Å². The molecule has 1 atom stereocenters. The topological polar surface area (TPSA) is 54.5 Å². The number of carbonyl (C=O) groups is 1. The average molecular weight is 285 g/mol. The first-order chi connectivity index (χ1) is 8.93. The van der Waals surface area contributed by atoms with Crippen LogP contribution >= 0.6 is 11.3 Å². The van der Waals surface area contributed by atoms with Crippen LogP contribution in [0.5, 0.6) is 0 Å². The van der Waals surface area contributed by atoms with Crippen LogP contribution in [0.3, 0.4) is 0 Å². The van der Waals surface area contributed by atoms with Crippen LogP contribution in [0, 0.1) is 6.92 Å². The van der Waals surface area contributed by atoms with Crippen LogP contribution in [0.4, 0.5) is 5.13 Å². The Morgan fingerprint density at radius 2 is 2.21 bits per heavy atom. The molecule has 0 saturated heterocycles. The van der Waals surface area contributed by atoms with Crippen LogP contribution < -0.4 is 5.32 Å². The van der Waals surface area contributed by atoms with Crippen molar-refractivity contribution in [3.05, 3.63) is 10.6 Å². The zero-order valence-electron chi connectivity index (χ0n) is 12.3. The van der Waals surface area contributed by atoms with Gasteiger partial charge in [-0.1, -0.05) is 0 Å². The van der Waals surface area contributed by atoms with Gasteiger partial charge in [0.25, 0.3) is 0 Å². The largest absolute Gasteiger partial charge is 0.461 e. The Balaban J connectivity index is 2.60. The van der Waals surface area contributed by atoms with Crippen LogP contribution in [0.25, 0.3) is 0 Å². The highest BCUT2D eigenvalue weighted by Crippen LogP contribution is 2.23. The molecule has 1 aromatic rings. The number of nitrogens with one attached hydrogen (secondary N) is 1. The molecule has 0 aliphatic rings. The number of anilines is 1. The summed E-state index contributed by atoms with van der Waals surface area (Å²) < 4.78 is 4.98. The molecule has 0 spiro atoms. The number of thiazole rings is 1. The fourth-order valence-electron chi connectivity index (χ4n) is 1.58. The van der Waals surface area contributed by atoms with Crippen molar-refractivity contribution in [1.29, 1.82) is 0 Å². The molecule has 1 heterocycles. The smallest absolute Gasteiger partial charge is 0.358 e. The Bertz CT molecular complexity index is 418. The first kappa shape index (κ1) is 15.9. The molecule has 1 N–H and O–H groups in total. The van der Waals surface area contributed by atoms with Crippen molar-refractivity contribution in [2.45, 2.75) is 33.2 Å². The van der Waals surface area contributed by atoms with Gasteiger partial charge in [0.15, 0.2) is 10.8 Å². The van der Waals surface area contributed by atoms with Crippen molar-refractivity contribution in [1.82, 2.24) is 9.88 Å². The van der Waals surface area contributed by atoms with Gasteiger partial charge in [0.2, 0.25) is 0 Å². The predicted octanol–water partition coefficient (Wildman–Crippen LogP) is 2.38. The summed E-state index contributed by atoms with van der Waals surface area (Å²) >= 11 is 1.49. The molecule has 0 amide bonds. The molecule has 1 aromatic heterocycles. The second-order valence-corrected chi connectivity index (χ2v) is 5.98. The molecule has 19 heavy (non-hydrogen) atoms. The highest BCUT2D eigenvalue weighted by Gasteiger charge is 2.17. The van der Waals surface area contributed by atoms with Gasteiger partial charge in [0.1, 0.15) is 0 Å². The number of carbonyl (C=O) groups excluding carboxylic acids is 1. The second kappa shape index (κ2) is 7.45. The summed E-state index contributed by atoms with van der Waals surface area (Å²) in [6, 6.07) is 0.322. The molecule has 0 bridgehead atoms.